The minimum Gasteiger partial charge on any atom is -0.493 e. The van der Waals surface area contributed by atoms with Gasteiger partial charge in [0.05, 0.1) is 11.6 Å². The van der Waals surface area contributed by atoms with Crippen molar-refractivity contribution in [1.29, 1.82) is 5.26 Å². The molecule has 18 heavy (non-hydrogen) atoms. The normalized spacial score (nSPS) is 10.1. The van der Waals surface area contributed by atoms with Crippen LogP contribution in [0.15, 0.2) is 22.7 Å². The molecular formula is C12H10BrNO4. The van der Waals surface area contributed by atoms with Gasteiger partial charge in [0, 0.05) is 6.08 Å². The smallest absolute Gasteiger partial charge is 0.328 e. The summed E-state index contributed by atoms with van der Waals surface area (Å²) in [7, 11) is 1.46. The van der Waals surface area contributed by atoms with Crippen molar-refractivity contribution in [3.63, 3.8) is 0 Å². The van der Waals surface area contributed by atoms with E-state index >= 15 is 0 Å². The van der Waals surface area contributed by atoms with E-state index in [-0.39, 0.29) is 6.61 Å². The number of rotatable bonds is 5. The molecule has 0 atom stereocenters. The van der Waals surface area contributed by atoms with Crippen molar-refractivity contribution < 1.29 is 19.4 Å². The van der Waals surface area contributed by atoms with Crippen molar-refractivity contribution in [3.8, 4) is 17.6 Å². The summed E-state index contributed by atoms with van der Waals surface area (Å²) in [6.45, 7) is -0.0979. The molecule has 0 radical (unpaired) electrons. The van der Waals surface area contributed by atoms with E-state index in [1.807, 2.05) is 6.07 Å². The van der Waals surface area contributed by atoms with Crippen LogP contribution in [0.5, 0.6) is 11.5 Å². The van der Waals surface area contributed by atoms with Crippen LogP contribution in [-0.4, -0.2) is 24.8 Å². The summed E-state index contributed by atoms with van der Waals surface area (Å²) in [5.74, 6) is -0.203. The van der Waals surface area contributed by atoms with Gasteiger partial charge in [0.15, 0.2) is 18.1 Å². The van der Waals surface area contributed by atoms with E-state index in [9.17, 15) is 4.79 Å². The fourth-order valence-electron chi connectivity index (χ4n) is 1.25. The molecule has 0 aromatic heterocycles. The highest BCUT2D eigenvalue weighted by molar-refractivity contribution is 9.10. The summed E-state index contributed by atoms with van der Waals surface area (Å²) in [4.78, 5) is 10.4. The number of aliphatic carboxylic acids is 1. The highest BCUT2D eigenvalue weighted by Crippen LogP contribution is 2.36. The van der Waals surface area contributed by atoms with Crippen molar-refractivity contribution in [2.45, 2.75) is 0 Å². The number of hydrogen-bond acceptors (Lipinski definition) is 4. The van der Waals surface area contributed by atoms with Crippen LogP contribution in [0.3, 0.4) is 0 Å². The number of ether oxygens (including phenoxy) is 2. The van der Waals surface area contributed by atoms with Crippen LogP contribution < -0.4 is 9.47 Å². The van der Waals surface area contributed by atoms with E-state index < -0.39 is 5.97 Å². The minimum absolute atomic E-state index is 0.0979. The Hall–Kier alpha value is -2.00. The van der Waals surface area contributed by atoms with Gasteiger partial charge >= 0.3 is 5.97 Å². The number of methoxy groups -OCH3 is 1. The van der Waals surface area contributed by atoms with E-state index in [0.717, 1.165) is 6.08 Å². The minimum atomic E-state index is -1.03. The number of benzene rings is 1. The lowest BCUT2D eigenvalue weighted by Gasteiger charge is -2.11. The second kappa shape index (κ2) is 6.67. The molecule has 94 valence electrons. The standard InChI is InChI=1S/C12H10BrNO4/c1-17-10-7-8(2-3-11(15)16)6-9(13)12(10)18-5-4-14/h2-3,6-7H,5H2,1H3,(H,15,16). The third-order valence-electron chi connectivity index (χ3n) is 1.95. The van der Waals surface area contributed by atoms with Gasteiger partial charge in [-0.1, -0.05) is 0 Å². The summed E-state index contributed by atoms with van der Waals surface area (Å²) < 4.78 is 10.9. The van der Waals surface area contributed by atoms with Gasteiger partial charge in [-0.05, 0) is 39.7 Å². The molecule has 0 aliphatic carbocycles. The zero-order valence-electron chi connectivity index (χ0n) is 9.51. The fourth-order valence-corrected chi connectivity index (χ4v) is 1.82. The van der Waals surface area contributed by atoms with E-state index in [0.29, 0.717) is 21.5 Å². The summed E-state index contributed by atoms with van der Waals surface area (Å²) in [6.07, 6.45) is 2.46. The number of carbonyl (C=O) groups is 1. The van der Waals surface area contributed by atoms with Gasteiger partial charge in [-0.3, -0.25) is 0 Å². The van der Waals surface area contributed by atoms with Crippen LogP contribution in [0.1, 0.15) is 5.56 Å². The average molecular weight is 312 g/mol. The van der Waals surface area contributed by atoms with E-state index in [2.05, 4.69) is 15.9 Å². The Morgan fingerprint density at radius 1 is 1.61 bits per heavy atom. The molecule has 0 saturated carbocycles. The Balaban J connectivity index is 3.10. The quantitative estimate of drug-likeness (QED) is 0.845. The molecule has 0 aliphatic rings. The predicted molar refractivity (Wildman–Crippen MR) is 68.5 cm³/mol. The summed E-state index contributed by atoms with van der Waals surface area (Å²) in [5.41, 5.74) is 0.644. The number of halogens is 1. The molecule has 0 aliphatic heterocycles. The lowest BCUT2D eigenvalue weighted by atomic mass is 10.2. The van der Waals surface area contributed by atoms with Gasteiger partial charge in [0.25, 0.3) is 0 Å². The second-order valence-electron chi connectivity index (χ2n) is 3.15. The molecule has 0 unspecified atom stereocenters. The SMILES string of the molecule is COc1cc(C=CC(=O)O)cc(Br)c1OCC#N. The number of carboxylic acids is 1. The van der Waals surface area contributed by atoms with Gasteiger partial charge in [0.1, 0.15) is 6.07 Å². The molecule has 5 nitrogen and oxygen atoms in total. The van der Waals surface area contributed by atoms with Crippen molar-refractivity contribution in [2.24, 2.45) is 0 Å². The summed E-state index contributed by atoms with van der Waals surface area (Å²) in [6, 6.07) is 5.16. The average Bonchev–Trinajstić information content (AvgIpc) is 2.34. The molecule has 6 heteroatoms. The zero-order valence-corrected chi connectivity index (χ0v) is 11.1. The Morgan fingerprint density at radius 3 is 2.89 bits per heavy atom. The molecule has 0 bridgehead atoms. The van der Waals surface area contributed by atoms with Crippen LogP contribution in [-0.2, 0) is 4.79 Å². The second-order valence-corrected chi connectivity index (χ2v) is 4.01. The fraction of sp³-hybridized carbons (Fsp3) is 0.167. The van der Waals surface area contributed by atoms with Crippen LogP contribution in [0.25, 0.3) is 6.08 Å². The topological polar surface area (TPSA) is 79.6 Å². The highest BCUT2D eigenvalue weighted by atomic mass is 79.9. The molecule has 0 saturated heterocycles. The van der Waals surface area contributed by atoms with Crippen LogP contribution in [0.4, 0.5) is 0 Å². The van der Waals surface area contributed by atoms with E-state index in [4.69, 9.17) is 19.8 Å². The Kier molecular flexibility index (Phi) is 5.21. The van der Waals surface area contributed by atoms with Crippen LogP contribution >= 0.6 is 15.9 Å². The Bertz CT molecular complexity index is 520. The van der Waals surface area contributed by atoms with Gasteiger partial charge in [0.2, 0.25) is 0 Å². The van der Waals surface area contributed by atoms with Crippen molar-refractivity contribution in [2.75, 3.05) is 13.7 Å². The van der Waals surface area contributed by atoms with Gasteiger partial charge in [-0.15, -0.1) is 0 Å². The maximum absolute atomic E-state index is 10.4. The maximum atomic E-state index is 10.4. The molecule has 1 aromatic carbocycles. The van der Waals surface area contributed by atoms with Crippen LogP contribution in [0, 0.1) is 11.3 Å². The molecule has 0 heterocycles. The first kappa shape index (κ1) is 14.1. The maximum Gasteiger partial charge on any atom is 0.328 e. The monoisotopic (exact) mass is 311 g/mol. The summed E-state index contributed by atoms with van der Waals surface area (Å²) in [5, 5.41) is 17.0. The Labute approximate surface area is 112 Å². The molecule has 0 amide bonds. The highest BCUT2D eigenvalue weighted by Gasteiger charge is 2.10. The third-order valence-corrected chi connectivity index (χ3v) is 2.54. The van der Waals surface area contributed by atoms with Gasteiger partial charge in [-0.25, -0.2) is 4.79 Å². The molecule has 1 N–H and O–H groups in total. The van der Waals surface area contributed by atoms with Crippen LogP contribution in [0.2, 0.25) is 0 Å². The lowest BCUT2D eigenvalue weighted by molar-refractivity contribution is -0.131. The first-order valence-corrected chi connectivity index (χ1v) is 5.66. The predicted octanol–water partition coefficient (Wildman–Crippen LogP) is 2.46. The van der Waals surface area contributed by atoms with Gasteiger partial charge in [-0.2, -0.15) is 5.26 Å². The van der Waals surface area contributed by atoms with Crippen molar-refractivity contribution >= 4 is 28.0 Å². The van der Waals surface area contributed by atoms with Crippen molar-refractivity contribution in [1.82, 2.24) is 0 Å². The molecule has 0 fully saturated rings. The lowest BCUT2D eigenvalue weighted by Crippen LogP contribution is -1.98. The van der Waals surface area contributed by atoms with Gasteiger partial charge < -0.3 is 14.6 Å². The van der Waals surface area contributed by atoms with E-state index in [1.165, 1.54) is 13.2 Å². The summed E-state index contributed by atoms with van der Waals surface area (Å²) >= 11 is 3.28. The Morgan fingerprint density at radius 2 is 2.33 bits per heavy atom. The first-order valence-electron chi connectivity index (χ1n) is 4.86. The molecule has 0 spiro atoms. The molecule has 1 aromatic rings. The van der Waals surface area contributed by atoms with E-state index in [1.54, 1.807) is 12.1 Å². The third kappa shape index (κ3) is 3.79. The molecule has 1 rings (SSSR count). The number of nitrogens with zero attached hydrogens (tertiary/aromatic N) is 1. The van der Waals surface area contributed by atoms with Crippen molar-refractivity contribution in [3.05, 3.63) is 28.2 Å². The number of nitriles is 1. The number of hydrogen-bond donors (Lipinski definition) is 1. The first-order chi connectivity index (χ1) is 8.58. The number of carboxylic acid groups (broad SMARTS) is 1. The molecular weight excluding hydrogens is 302 g/mol. The largest absolute Gasteiger partial charge is 0.493 e. The zero-order chi connectivity index (χ0) is 13.5.